The molecule has 0 spiro atoms. The minimum absolute atomic E-state index is 0.0163. The molecule has 1 aliphatic carbocycles. The lowest BCUT2D eigenvalue weighted by molar-refractivity contribution is -0.150. The van der Waals surface area contributed by atoms with Crippen LogP contribution in [0.25, 0.3) is 11.2 Å². The molecule has 1 fully saturated rings. The number of rotatable bonds is 5. The van der Waals surface area contributed by atoms with Crippen molar-refractivity contribution in [3.05, 3.63) is 64.7 Å². The van der Waals surface area contributed by atoms with Gasteiger partial charge in [0.05, 0.1) is 25.4 Å². The fourth-order valence-corrected chi connectivity index (χ4v) is 3.82. The summed E-state index contributed by atoms with van der Waals surface area (Å²) in [5.41, 5.74) is 7.26. The molecule has 9 nitrogen and oxygen atoms in total. The number of aliphatic hydroxyl groups is 1. The molecule has 4 N–H and O–H groups in total. The van der Waals surface area contributed by atoms with E-state index in [1.165, 1.54) is 6.33 Å². The first-order chi connectivity index (χ1) is 14.0. The van der Waals surface area contributed by atoms with Crippen molar-refractivity contribution in [1.82, 2.24) is 19.5 Å². The molecule has 2 heterocycles. The van der Waals surface area contributed by atoms with E-state index in [1.807, 2.05) is 30.3 Å². The van der Waals surface area contributed by atoms with E-state index in [4.69, 9.17) is 10.5 Å². The molecule has 3 aromatic rings. The van der Waals surface area contributed by atoms with Crippen molar-refractivity contribution >= 4 is 23.1 Å². The predicted octanol–water partition coefficient (Wildman–Crippen LogP) is 0.966. The number of hydrogen-bond acceptors (Lipinski definition) is 7. The van der Waals surface area contributed by atoms with Gasteiger partial charge in [0.1, 0.15) is 6.10 Å². The molecule has 1 saturated carbocycles. The summed E-state index contributed by atoms with van der Waals surface area (Å²) in [5.74, 6) is -0.809. The van der Waals surface area contributed by atoms with Gasteiger partial charge in [-0.1, -0.05) is 36.9 Å². The molecular weight excluding hydrogens is 374 g/mol. The molecule has 9 heteroatoms. The third-order valence-corrected chi connectivity index (χ3v) is 5.27. The number of nitrogen functional groups attached to an aromatic ring is 1. The number of H-pyrrole nitrogens is 1. The number of nitrogens with two attached hydrogens (primary N) is 1. The van der Waals surface area contributed by atoms with Crippen molar-refractivity contribution in [3.8, 4) is 0 Å². The van der Waals surface area contributed by atoms with Crippen LogP contribution in [0, 0.1) is 5.92 Å². The van der Waals surface area contributed by atoms with Gasteiger partial charge in [0, 0.05) is 12.3 Å². The Labute approximate surface area is 165 Å². The van der Waals surface area contributed by atoms with Crippen LogP contribution in [-0.2, 0) is 16.0 Å². The number of carbonyl (C=O) groups is 1. The Bertz CT molecular complexity index is 1120. The number of aromatic amines is 1. The van der Waals surface area contributed by atoms with Gasteiger partial charge < -0.3 is 20.1 Å². The number of nitrogens with one attached hydrogen (secondary N) is 1. The smallest absolute Gasteiger partial charge is 0.310 e. The number of benzene rings is 1. The summed E-state index contributed by atoms with van der Waals surface area (Å²) in [6.07, 6.45) is 1.49. The van der Waals surface area contributed by atoms with Crippen LogP contribution in [-0.4, -0.2) is 43.3 Å². The maximum atomic E-state index is 12.4. The van der Waals surface area contributed by atoms with E-state index in [2.05, 4.69) is 21.5 Å². The van der Waals surface area contributed by atoms with Crippen molar-refractivity contribution in [2.24, 2.45) is 5.92 Å². The standard InChI is InChI=1S/C20H21N5O4/c1-11-13(9-26)15(29-16(27)7-12-5-3-2-4-6-12)8-14(11)25-10-22-17-18(25)23-20(21)24-19(17)28/h2-6,10,13-15,26H,1,7-9H2,(H3,21,23,24,28). The number of hydrogen-bond donors (Lipinski definition) is 3. The predicted molar refractivity (Wildman–Crippen MR) is 106 cm³/mol. The van der Waals surface area contributed by atoms with E-state index >= 15 is 0 Å². The fourth-order valence-electron chi connectivity index (χ4n) is 3.82. The molecule has 0 bridgehead atoms. The van der Waals surface area contributed by atoms with Crippen LogP contribution in [0.4, 0.5) is 5.95 Å². The number of anilines is 1. The highest BCUT2D eigenvalue weighted by molar-refractivity contribution is 5.73. The van der Waals surface area contributed by atoms with Crippen molar-refractivity contribution in [2.45, 2.75) is 25.0 Å². The quantitative estimate of drug-likeness (QED) is 0.432. The first kappa shape index (κ1) is 18.9. The summed E-state index contributed by atoms with van der Waals surface area (Å²) in [6, 6.07) is 8.97. The van der Waals surface area contributed by atoms with E-state index < -0.39 is 17.6 Å². The van der Waals surface area contributed by atoms with Crippen LogP contribution in [0.5, 0.6) is 0 Å². The van der Waals surface area contributed by atoms with Crippen LogP contribution in [0.1, 0.15) is 18.0 Å². The molecule has 3 atom stereocenters. The average molecular weight is 395 g/mol. The van der Waals surface area contributed by atoms with Crippen molar-refractivity contribution in [2.75, 3.05) is 12.3 Å². The fraction of sp³-hybridized carbons (Fsp3) is 0.300. The van der Waals surface area contributed by atoms with E-state index in [1.54, 1.807) is 4.57 Å². The minimum Gasteiger partial charge on any atom is -0.461 e. The molecule has 1 aliphatic rings. The van der Waals surface area contributed by atoms with Crippen molar-refractivity contribution < 1.29 is 14.6 Å². The van der Waals surface area contributed by atoms with Gasteiger partial charge >= 0.3 is 5.97 Å². The lowest BCUT2D eigenvalue weighted by atomic mass is 10.0. The van der Waals surface area contributed by atoms with Gasteiger partial charge in [-0.15, -0.1) is 0 Å². The summed E-state index contributed by atoms with van der Waals surface area (Å²) < 4.78 is 7.36. The molecule has 150 valence electrons. The third kappa shape index (κ3) is 3.52. The second kappa shape index (κ2) is 7.51. The molecule has 0 saturated heterocycles. The number of aromatic nitrogens is 4. The Morgan fingerprint density at radius 2 is 2.14 bits per heavy atom. The van der Waals surface area contributed by atoms with Gasteiger partial charge in [-0.2, -0.15) is 4.98 Å². The zero-order chi connectivity index (χ0) is 20.5. The highest BCUT2D eigenvalue weighted by atomic mass is 16.5. The number of carbonyl (C=O) groups excluding carboxylic acids is 1. The number of nitrogens with zero attached hydrogens (tertiary/aromatic N) is 3. The number of imidazole rings is 1. The summed E-state index contributed by atoms with van der Waals surface area (Å²) >= 11 is 0. The number of esters is 1. The molecular formula is C20H21N5O4. The number of fused-ring (bicyclic) bond motifs is 1. The summed E-state index contributed by atoms with van der Waals surface area (Å²) in [4.78, 5) is 35.1. The summed E-state index contributed by atoms with van der Waals surface area (Å²) in [7, 11) is 0. The maximum Gasteiger partial charge on any atom is 0.310 e. The summed E-state index contributed by atoms with van der Waals surface area (Å²) in [6.45, 7) is 3.89. The monoisotopic (exact) mass is 395 g/mol. The molecule has 0 amide bonds. The SMILES string of the molecule is C=C1C(CO)C(OC(=O)Cc2ccccc2)CC1n1cnc2c(=O)[nH]c(N)nc21. The van der Waals surface area contributed by atoms with Gasteiger partial charge in [-0.3, -0.25) is 14.6 Å². The zero-order valence-electron chi connectivity index (χ0n) is 15.6. The highest BCUT2D eigenvalue weighted by Crippen LogP contribution is 2.41. The minimum atomic E-state index is -0.537. The lowest BCUT2D eigenvalue weighted by Crippen LogP contribution is -2.26. The number of aliphatic hydroxyl groups excluding tert-OH is 1. The molecule has 2 aromatic heterocycles. The zero-order valence-corrected chi connectivity index (χ0v) is 15.6. The Morgan fingerprint density at radius 1 is 1.38 bits per heavy atom. The first-order valence-electron chi connectivity index (χ1n) is 9.23. The largest absolute Gasteiger partial charge is 0.461 e. The Kier molecular flexibility index (Phi) is 4.89. The first-order valence-corrected chi connectivity index (χ1v) is 9.23. The highest BCUT2D eigenvalue weighted by Gasteiger charge is 2.41. The second-order valence-corrected chi connectivity index (χ2v) is 7.08. The van der Waals surface area contributed by atoms with Crippen molar-refractivity contribution in [3.63, 3.8) is 0 Å². The van der Waals surface area contributed by atoms with Crippen molar-refractivity contribution in [1.29, 1.82) is 0 Å². The second-order valence-electron chi connectivity index (χ2n) is 7.08. The molecule has 29 heavy (non-hydrogen) atoms. The molecule has 0 aliphatic heterocycles. The topological polar surface area (TPSA) is 136 Å². The number of ether oxygens (including phenoxy) is 1. The van der Waals surface area contributed by atoms with Gasteiger partial charge in [0.15, 0.2) is 11.2 Å². The van der Waals surface area contributed by atoms with Gasteiger partial charge in [0.2, 0.25) is 5.95 Å². The Hall–Kier alpha value is -3.46. The van der Waals surface area contributed by atoms with Crippen LogP contribution >= 0.6 is 0 Å². The van der Waals surface area contributed by atoms with Gasteiger partial charge in [-0.25, -0.2) is 4.98 Å². The van der Waals surface area contributed by atoms with E-state index in [9.17, 15) is 14.7 Å². The average Bonchev–Trinajstić information content (AvgIpc) is 3.23. The molecule has 1 aromatic carbocycles. The van der Waals surface area contributed by atoms with Gasteiger partial charge in [0.25, 0.3) is 5.56 Å². The van der Waals surface area contributed by atoms with Crippen LogP contribution in [0.15, 0.2) is 53.6 Å². The third-order valence-electron chi connectivity index (χ3n) is 5.27. The van der Waals surface area contributed by atoms with E-state index in [-0.39, 0.29) is 36.5 Å². The van der Waals surface area contributed by atoms with Crippen LogP contribution < -0.4 is 11.3 Å². The molecule has 0 radical (unpaired) electrons. The van der Waals surface area contributed by atoms with Gasteiger partial charge in [-0.05, 0) is 11.1 Å². The summed E-state index contributed by atoms with van der Waals surface area (Å²) in [5, 5.41) is 9.86. The van der Waals surface area contributed by atoms with Crippen LogP contribution in [0.2, 0.25) is 0 Å². The van der Waals surface area contributed by atoms with E-state index in [0.29, 0.717) is 17.6 Å². The Morgan fingerprint density at radius 3 is 2.86 bits per heavy atom. The van der Waals surface area contributed by atoms with E-state index in [0.717, 1.165) is 5.56 Å². The van der Waals surface area contributed by atoms with Crippen LogP contribution in [0.3, 0.4) is 0 Å². The Balaban J connectivity index is 1.57. The normalized spacial score (nSPS) is 21.6. The molecule has 4 rings (SSSR count). The lowest BCUT2D eigenvalue weighted by Gasteiger charge is -2.18. The maximum absolute atomic E-state index is 12.4. The molecule has 3 unspecified atom stereocenters.